The van der Waals surface area contributed by atoms with Gasteiger partial charge in [0.25, 0.3) is 0 Å². The molecule has 0 spiro atoms. The van der Waals surface area contributed by atoms with Crippen molar-refractivity contribution in [2.75, 3.05) is 19.8 Å². The normalized spacial score (nSPS) is 15.6. The summed E-state index contributed by atoms with van der Waals surface area (Å²) < 4.78 is 32.5. The number of carboxylic acids is 1. The molecule has 0 amide bonds. The second kappa shape index (κ2) is 41.3. The summed E-state index contributed by atoms with van der Waals surface area (Å²) in [5.41, 5.74) is 5.32. The summed E-state index contributed by atoms with van der Waals surface area (Å²) in [6.45, 7) is 2.39. The maximum atomic E-state index is 12.6. The Morgan fingerprint density at radius 2 is 1.06 bits per heavy atom. The topological polar surface area (TPSA) is 212 Å². The lowest BCUT2D eigenvalue weighted by atomic mass is 10.1. The van der Waals surface area contributed by atoms with E-state index >= 15 is 0 Å². The van der Waals surface area contributed by atoms with Gasteiger partial charge >= 0.3 is 25.7 Å². The molecule has 13 nitrogen and oxygen atoms in total. The van der Waals surface area contributed by atoms with Gasteiger partial charge in [-0.3, -0.25) is 23.4 Å². The van der Waals surface area contributed by atoms with Gasteiger partial charge in [-0.2, -0.15) is 0 Å². The van der Waals surface area contributed by atoms with Gasteiger partial charge in [-0.25, -0.2) is 4.57 Å². The third-order valence-electron chi connectivity index (χ3n) is 9.01. The van der Waals surface area contributed by atoms with Gasteiger partial charge in [0, 0.05) is 12.8 Å². The van der Waals surface area contributed by atoms with Crippen LogP contribution in [0.15, 0.2) is 97.2 Å². The average molecular weight is 892 g/mol. The minimum Gasteiger partial charge on any atom is -0.480 e. The van der Waals surface area contributed by atoms with Crippen LogP contribution in [0.3, 0.4) is 0 Å². The molecule has 0 fully saturated rings. The first-order chi connectivity index (χ1) is 29.9. The van der Waals surface area contributed by atoms with E-state index in [1.807, 2.05) is 24.3 Å². The molecule has 0 bridgehead atoms. The maximum absolute atomic E-state index is 12.6. The fourth-order valence-electron chi connectivity index (χ4n) is 5.38. The number of carboxylic acid groups (broad SMARTS) is 1. The summed E-state index contributed by atoms with van der Waals surface area (Å²) >= 11 is 0. The van der Waals surface area contributed by atoms with Crippen molar-refractivity contribution < 1.29 is 57.7 Å². The summed E-state index contributed by atoms with van der Waals surface area (Å²) in [5, 5.41) is 29.1. The molecular weight excluding hydrogens is 813 g/mol. The molecule has 5 atom stereocenters. The van der Waals surface area contributed by atoms with Gasteiger partial charge in [0.2, 0.25) is 0 Å². The van der Waals surface area contributed by atoms with E-state index in [1.54, 1.807) is 24.3 Å². The van der Waals surface area contributed by atoms with Gasteiger partial charge < -0.3 is 35.4 Å². The molecule has 0 rings (SSSR count). The van der Waals surface area contributed by atoms with E-state index in [1.165, 1.54) is 19.3 Å². The quantitative estimate of drug-likeness (QED) is 0.0128. The number of aliphatic hydroxyl groups excluding tert-OH is 2. The highest BCUT2D eigenvalue weighted by Gasteiger charge is 2.28. The summed E-state index contributed by atoms with van der Waals surface area (Å²) in [6.07, 6.45) is 45.4. The standard InChI is InChI=1S/C48H78NO12P/c1-3-5-7-8-9-10-11-12-13-14-15-16-17-18-19-20-24-27-31-37-46(52)58-39-44(40-59-62(56,57)60-41-45(49)48(54)55)61-47(53)38-32-36-43(51)35-30-26-23-21-22-25-29-34-42(50)33-28-6-4-2/h9-10,12-13,15-16,18-19,22-23,25-26,29-30,34-35,42-45,50-51H,3-8,11,14,17,20-21,24,27-28,31-33,36-41,49H2,1-2H3,(H,54,55)(H,56,57)/b10-9-,13-12-,16-15-,19-18-,25-22-,26-23-,34-29+,35-30+/t42-,43-,44-,45+/m1/s1. The largest absolute Gasteiger partial charge is 0.480 e. The van der Waals surface area contributed by atoms with Crippen molar-refractivity contribution >= 4 is 25.7 Å². The zero-order valence-electron chi connectivity index (χ0n) is 37.4. The molecule has 0 radical (unpaired) electrons. The van der Waals surface area contributed by atoms with E-state index in [9.17, 15) is 34.1 Å². The lowest BCUT2D eigenvalue weighted by molar-refractivity contribution is -0.161. The van der Waals surface area contributed by atoms with Crippen LogP contribution >= 0.6 is 7.82 Å². The Balaban J connectivity index is 4.66. The second-order valence-electron chi connectivity index (χ2n) is 14.9. The van der Waals surface area contributed by atoms with Gasteiger partial charge in [0.1, 0.15) is 12.6 Å². The molecular formula is C48H78NO12P. The number of nitrogens with two attached hydrogens (primary N) is 1. The first kappa shape index (κ1) is 58.3. The predicted octanol–water partition coefficient (Wildman–Crippen LogP) is 10.0. The van der Waals surface area contributed by atoms with Gasteiger partial charge in [-0.15, -0.1) is 0 Å². The number of carbonyl (C=O) groups excluding carboxylic acids is 2. The molecule has 352 valence electrons. The number of hydrogen-bond acceptors (Lipinski definition) is 11. The second-order valence-corrected chi connectivity index (χ2v) is 16.3. The van der Waals surface area contributed by atoms with Gasteiger partial charge in [0.15, 0.2) is 6.10 Å². The van der Waals surface area contributed by atoms with Gasteiger partial charge in [0.05, 0.1) is 25.4 Å². The first-order valence-electron chi connectivity index (χ1n) is 22.5. The van der Waals surface area contributed by atoms with Crippen molar-refractivity contribution in [3.63, 3.8) is 0 Å². The molecule has 1 unspecified atom stereocenters. The molecule has 0 saturated carbocycles. The Hall–Kier alpha value is -3.68. The number of ether oxygens (including phenoxy) is 2. The van der Waals surface area contributed by atoms with E-state index in [-0.39, 0.29) is 25.7 Å². The number of allylic oxidation sites excluding steroid dienone is 14. The Morgan fingerprint density at radius 1 is 0.581 bits per heavy atom. The molecule has 0 aliphatic heterocycles. The van der Waals surface area contributed by atoms with Crippen molar-refractivity contribution in [2.24, 2.45) is 5.73 Å². The number of rotatable bonds is 40. The van der Waals surface area contributed by atoms with E-state index in [2.05, 4.69) is 67.0 Å². The number of phosphoric ester groups is 1. The first-order valence-corrected chi connectivity index (χ1v) is 24.0. The number of phosphoric acid groups is 1. The van der Waals surface area contributed by atoms with Crippen molar-refractivity contribution in [1.29, 1.82) is 0 Å². The van der Waals surface area contributed by atoms with Crippen molar-refractivity contribution in [3.8, 4) is 0 Å². The highest BCUT2D eigenvalue weighted by molar-refractivity contribution is 7.47. The third kappa shape index (κ3) is 40.4. The van der Waals surface area contributed by atoms with Crippen molar-refractivity contribution in [2.45, 2.75) is 167 Å². The smallest absolute Gasteiger partial charge is 0.472 e. The summed E-state index contributed by atoms with van der Waals surface area (Å²) in [6, 6.07) is -1.57. The molecule has 0 aliphatic carbocycles. The Kier molecular flexibility index (Phi) is 38.9. The highest BCUT2D eigenvalue weighted by atomic mass is 31.2. The number of esters is 2. The van der Waals surface area contributed by atoms with E-state index < -0.39 is 69.9 Å². The van der Waals surface area contributed by atoms with Crippen LogP contribution in [0.25, 0.3) is 0 Å². The van der Waals surface area contributed by atoms with Crippen LogP contribution in [0, 0.1) is 0 Å². The minimum absolute atomic E-state index is 0.100. The van der Waals surface area contributed by atoms with Crippen LogP contribution in [0.4, 0.5) is 0 Å². The lowest BCUT2D eigenvalue weighted by Crippen LogP contribution is -2.34. The molecule has 0 heterocycles. The Labute approximate surface area is 371 Å². The van der Waals surface area contributed by atoms with Crippen LogP contribution in [-0.4, -0.2) is 82.3 Å². The number of aliphatic hydroxyl groups is 2. The molecule has 0 aliphatic rings. The van der Waals surface area contributed by atoms with E-state index in [4.69, 9.17) is 24.8 Å². The maximum Gasteiger partial charge on any atom is 0.472 e. The van der Waals surface area contributed by atoms with Crippen LogP contribution < -0.4 is 5.73 Å². The summed E-state index contributed by atoms with van der Waals surface area (Å²) in [4.78, 5) is 46.0. The molecule has 6 N–H and O–H groups in total. The lowest BCUT2D eigenvalue weighted by Gasteiger charge is -2.20. The zero-order chi connectivity index (χ0) is 45.9. The minimum atomic E-state index is -4.80. The highest BCUT2D eigenvalue weighted by Crippen LogP contribution is 2.43. The fraction of sp³-hybridized carbons (Fsp3) is 0.604. The van der Waals surface area contributed by atoms with Gasteiger partial charge in [-0.05, 0) is 77.0 Å². The third-order valence-corrected chi connectivity index (χ3v) is 9.96. The van der Waals surface area contributed by atoms with Crippen LogP contribution in [0.1, 0.15) is 142 Å². The van der Waals surface area contributed by atoms with E-state index in [0.717, 1.165) is 70.6 Å². The van der Waals surface area contributed by atoms with Crippen LogP contribution in [0.2, 0.25) is 0 Å². The van der Waals surface area contributed by atoms with Crippen LogP contribution in [0.5, 0.6) is 0 Å². The predicted molar refractivity (Wildman–Crippen MR) is 247 cm³/mol. The monoisotopic (exact) mass is 892 g/mol. The van der Waals surface area contributed by atoms with Crippen molar-refractivity contribution in [3.05, 3.63) is 97.2 Å². The molecule has 0 saturated heterocycles. The van der Waals surface area contributed by atoms with Gasteiger partial charge in [-0.1, -0.05) is 150 Å². The number of unbranched alkanes of at least 4 members (excludes halogenated alkanes) is 8. The Bertz CT molecular complexity index is 1450. The number of hydrogen-bond donors (Lipinski definition) is 5. The Morgan fingerprint density at radius 3 is 1.63 bits per heavy atom. The average Bonchev–Trinajstić information content (AvgIpc) is 3.24. The van der Waals surface area contributed by atoms with Crippen molar-refractivity contribution in [1.82, 2.24) is 0 Å². The summed E-state index contributed by atoms with van der Waals surface area (Å²) in [7, 11) is -4.80. The molecule has 0 aromatic heterocycles. The molecule has 62 heavy (non-hydrogen) atoms. The fourth-order valence-corrected chi connectivity index (χ4v) is 6.16. The number of aliphatic carboxylic acids is 1. The molecule has 0 aromatic rings. The molecule has 14 heteroatoms. The SMILES string of the molecule is CCCCC/C=C\C/C=C\C/C=C\C/C=C\CCCCCC(=O)OC[C@H](COP(=O)(O)OC[C@H](N)C(=O)O)OC(=O)CCC[C@H](O)/C=C/C=C\C/C=C\C=C\[C@H](O)CCCCC. The number of carbonyl (C=O) groups is 3. The zero-order valence-corrected chi connectivity index (χ0v) is 38.3. The van der Waals surface area contributed by atoms with Crippen LogP contribution in [-0.2, 0) is 37.5 Å². The molecule has 0 aromatic carbocycles. The summed E-state index contributed by atoms with van der Waals surface area (Å²) in [5.74, 6) is -2.69. The van der Waals surface area contributed by atoms with E-state index in [0.29, 0.717) is 12.8 Å².